The predicted molar refractivity (Wildman–Crippen MR) is 110 cm³/mol. The zero-order valence-corrected chi connectivity index (χ0v) is 17.4. The van der Waals surface area contributed by atoms with Crippen molar-refractivity contribution < 1.29 is 9.59 Å². The lowest BCUT2D eigenvalue weighted by Crippen LogP contribution is -2.19. The van der Waals surface area contributed by atoms with Gasteiger partial charge in [-0.25, -0.2) is 4.98 Å². The van der Waals surface area contributed by atoms with E-state index in [9.17, 15) is 9.59 Å². The number of hydrogen-bond acceptors (Lipinski definition) is 9. The maximum absolute atomic E-state index is 11.9. The van der Waals surface area contributed by atoms with Crippen LogP contribution in [0.15, 0.2) is 21.9 Å². The second-order valence-corrected chi connectivity index (χ2v) is 9.17. The van der Waals surface area contributed by atoms with Gasteiger partial charge in [-0.2, -0.15) is 19.6 Å². The Labute approximate surface area is 177 Å². The Kier molecular flexibility index (Phi) is 4.51. The SMILES string of the molecule is O=C1C/C(=C\c2cnn3c(NC4CC4)nc(NCc4cnc(Br)s4)nc23)C(=O)N1. The second kappa shape index (κ2) is 7.19. The molecule has 1 aliphatic carbocycles. The summed E-state index contributed by atoms with van der Waals surface area (Å²) in [7, 11) is 0. The third-order valence-corrected chi connectivity index (χ3v) is 5.95. The zero-order chi connectivity index (χ0) is 20.0. The van der Waals surface area contributed by atoms with E-state index in [-0.39, 0.29) is 18.2 Å². The Hall–Kier alpha value is -2.86. The van der Waals surface area contributed by atoms with Gasteiger partial charge in [-0.15, -0.1) is 11.3 Å². The van der Waals surface area contributed by atoms with Gasteiger partial charge in [-0.05, 0) is 34.8 Å². The third-order valence-electron chi connectivity index (χ3n) is 4.48. The van der Waals surface area contributed by atoms with Crippen molar-refractivity contribution in [2.45, 2.75) is 31.8 Å². The predicted octanol–water partition coefficient (Wildman–Crippen LogP) is 1.96. The van der Waals surface area contributed by atoms with Crippen LogP contribution < -0.4 is 16.0 Å². The molecule has 3 N–H and O–H groups in total. The molecular weight excluding hydrogens is 460 g/mol. The first-order chi connectivity index (χ1) is 14.0. The molecule has 0 atom stereocenters. The van der Waals surface area contributed by atoms with Crippen molar-refractivity contribution in [3.8, 4) is 0 Å². The molecule has 0 aromatic carbocycles. The summed E-state index contributed by atoms with van der Waals surface area (Å²) < 4.78 is 2.43. The summed E-state index contributed by atoms with van der Waals surface area (Å²) >= 11 is 4.89. The molecular formula is C17H15BrN8O2S. The molecule has 1 saturated carbocycles. The number of amides is 2. The number of rotatable bonds is 6. The number of anilines is 2. The average molecular weight is 475 g/mol. The number of carbonyl (C=O) groups excluding carboxylic acids is 2. The van der Waals surface area contributed by atoms with Crippen molar-refractivity contribution in [3.05, 3.63) is 32.3 Å². The summed E-state index contributed by atoms with van der Waals surface area (Å²) in [6, 6.07) is 0.377. The number of nitrogens with zero attached hydrogens (tertiary/aromatic N) is 5. The van der Waals surface area contributed by atoms with E-state index in [4.69, 9.17) is 0 Å². The van der Waals surface area contributed by atoms with Crippen LogP contribution in [0.2, 0.25) is 0 Å². The molecule has 5 rings (SSSR count). The monoisotopic (exact) mass is 474 g/mol. The van der Waals surface area contributed by atoms with Gasteiger partial charge in [-0.1, -0.05) is 0 Å². The fraction of sp³-hybridized carbons (Fsp3) is 0.294. The summed E-state index contributed by atoms with van der Waals surface area (Å²) in [6.45, 7) is 0.532. The largest absolute Gasteiger partial charge is 0.351 e. The Bertz CT molecular complexity index is 1170. The molecule has 148 valence electrons. The number of carbonyl (C=O) groups is 2. The van der Waals surface area contributed by atoms with Crippen molar-refractivity contribution in [1.29, 1.82) is 0 Å². The van der Waals surface area contributed by atoms with E-state index >= 15 is 0 Å². The van der Waals surface area contributed by atoms with Crippen LogP contribution in [-0.2, 0) is 16.1 Å². The number of nitrogens with one attached hydrogen (secondary N) is 3. The van der Waals surface area contributed by atoms with Crippen LogP contribution in [0.5, 0.6) is 0 Å². The van der Waals surface area contributed by atoms with Gasteiger partial charge in [-0.3, -0.25) is 14.9 Å². The number of fused-ring (bicyclic) bond motifs is 1. The maximum Gasteiger partial charge on any atom is 0.254 e. The van der Waals surface area contributed by atoms with E-state index in [0.717, 1.165) is 21.6 Å². The van der Waals surface area contributed by atoms with Crippen molar-refractivity contribution in [3.63, 3.8) is 0 Å². The molecule has 1 aliphatic heterocycles. The second-order valence-electron chi connectivity index (χ2n) is 6.78. The van der Waals surface area contributed by atoms with Crippen molar-refractivity contribution in [1.82, 2.24) is 29.9 Å². The van der Waals surface area contributed by atoms with Gasteiger partial charge in [0.15, 0.2) is 9.56 Å². The third kappa shape index (κ3) is 3.85. The molecule has 12 heteroatoms. The molecule has 3 aromatic heterocycles. The molecule has 1 saturated heterocycles. The fourth-order valence-electron chi connectivity index (χ4n) is 2.92. The Morgan fingerprint density at radius 1 is 1.31 bits per heavy atom. The first kappa shape index (κ1) is 18.2. The topological polar surface area (TPSA) is 126 Å². The lowest BCUT2D eigenvalue weighted by atomic mass is 10.1. The number of aromatic nitrogens is 5. The lowest BCUT2D eigenvalue weighted by Gasteiger charge is -2.09. The highest BCUT2D eigenvalue weighted by molar-refractivity contribution is 9.11. The highest BCUT2D eigenvalue weighted by Crippen LogP contribution is 2.26. The number of imide groups is 1. The van der Waals surface area contributed by atoms with Crippen LogP contribution in [0.4, 0.5) is 11.9 Å². The van der Waals surface area contributed by atoms with Crippen LogP contribution in [0.3, 0.4) is 0 Å². The van der Waals surface area contributed by atoms with Crippen LogP contribution >= 0.6 is 27.3 Å². The van der Waals surface area contributed by atoms with Gasteiger partial charge < -0.3 is 10.6 Å². The minimum absolute atomic E-state index is 0.0554. The highest BCUT2D eigenvalue weighted by atomic mass is 79.9. The quantitative estimate of drug-likeness (QED) is 0.365. The van der Waals surface area contributed by atoms with Crippen LogP contribution in [0.25, 0.3) is 11.7 Å². The fourth-order valence-corrected chi connectivity index (χ4v) is 4.22. The van der Waals surface area contributed by atoms with Gasteiger partial charge in [0.1, 0.15) is 0 Å². The van der Waals surface area contributed by atoms with Crippen molar-refractivity contribution >= 4 is 62.7 Å². The van der Waals surface area contributed by atoms with E-state index in [1.54, 1.807) is 23.0 Å². The molecule has 10 nitrogen and oxygen atoms in total. The molecule has 2 aliphatic rings. The van der Waals surface area contributed by atoms with Crippen LogP contribution in [-0.4, -0.2) is 42.4 Å². The van der Waals surface area contributed by atoms with Gasteiger partial charge in [0, 0.05) is 28.3 Å². The normalized spacial score (nSPS) is 17.9. The molecule has 2 fully saturated rings. The summed E-state index contributed by atoms with van der Waals surface area (Å²) in [4.78, 5) is 37.7. The standard InChI is InChI=1S/C17H15BrN8O2S/c18-15-19-6-11(29-15)7-20-16-24-13-9(3-8-4-12(27)23-14(8)28)5-21-26(13)17(25-16)22-10-1-2-10/h3,5-6,10H,1-2,4,7H2,(H,23,27,28)(H2,20,22,24,25)/b8-3+. The smallest absolute Gasteiger partial charge is 0.254 e. The lowest BCUT2D eigenvalue weighted by molar-refractivity contribution is -0.124. The number of thiazole rings is 1. The summed E-state index contributed by atoms with van der Waals surface area (Å²) in [5, 5.41) is 13.2. The van der Waals surface area contributed by atoms with Gasteiger partial charge >= 0.3 is 0 Å². The van der Waals surface area contributed by atoms with E-state index in [1.165, 1.54) is 11.3 Å². The maximum atomic E-state index is 11.9. The van der Waals surface area contributed by atoms with Crippen LogP contribution in [0, 0.1) is 0 Å². The first-order valence-corrected chi connectivity index (χ1v) is 10.6. The van der Waals surface area contributed by atoms with E-state index in [2.05, 4.69) is 51.9 Å². The average Bonchev–Trinajstić information content (AvgIpc) is 3.10. The zero-order valence-electron chi connectivity index (χ0n) is 15.0. The molecule has 2 amide bonds. The minimum atomic E-state index is -0.381. The van der Waals surface area contributed by atoms with Gasteiger partial charge in [0.2, 0.25) is 17.8 Å². The Morgan fingerprint density at radius 2 is 2.17 bits per heavy atom. The minimum Gasteiger partial charge on any atom is -0.351 e. The first-order valence-electron chi connectivity index (χ1n) is 8.96. The van der Waals surface area contributed by atoms with Crippen molar-refractivity contribution in [2.75, 3.05) is 10.6 Å². The summed E-state index contributed by atoms with van der Waals surface area (Å²) in [5.41, 5.74) is 1.59. The van der Waals surface area contributed by atoms with Crippen molar-refractivity contribution in [2.24, 2.45) is 0 Å². The summed E-state index contributed by atoms with van der Waals surface area (Å²) in [5.74, 6) is 0.342. The number of hydrogen-bond donors (Lipinski definition) is 3. The molecule has 0 unspecified atom stereocenters. The van der Waals surface area contributed by atoms with E-state index in [0.29, 0.717) is 41.3 Å². The Balaban J connectivity index is 1.50. The van der Waals surface area contributed by atoms with E-state index in [1.807, 2.05) is 0 Å². The van der Waals surface area contributed by atoms with E-state index < -0.39 is 0 Å². The summed E-state index contributed by atoms with van der Waals surface area (Å²) in [6.07, 6.45) is 7.29. The molecule has 0 spiro atoms. The molecule has 0 radical (unpaired) electrons. The van der Waals surface area contributed by atoms with Gasteiger partial charge in [0.05, 0.1) is 19.2 Å². The molecule has 29 heavy (non-hydrogen) atoms. The van der Waals surface area contributed by atoms with Gasteiger partial charge in [0.25, 0.3) is 5.91 Å². The van der Waals surface area contributed by atoms with Crippen LogP contribution in [0.1, 0.15) is 29.7 Å². The highest BCUT2D eigenvalue weighted by Gasteiger charge is 2.26. The Morgan fingerprint density at radius 3 is 2.86 bits per heavy atom. The number of halogens is 1. The molecule has 4 heterocycles. The molecule has 3 aromatic rings. The molecule has 0 bridgehead atoms.